The van der Waals surface area contributed by atoms with Gasteiger partial charge in [0.1, 0.15) is 5.82 Å². The second kappa shape index (κ2) is 7.10. The fourth-order valence-electron chi connectivity index (χ4n) is 2.41. The molecule has 0 saturated heterocycles. The van der Waals surface area contributed by atoms with E-state index in [1.54, 1.807) is 6.07 Å². The predicted molar refractivity (Wildman–Crippen MR) is 76.7 cm³/mol. The Kier molecular flexibility index (Phi) is 6.10. The molecule has 0 radical (unpaired) electrons. The average molecular weight is 272 g/mol. The molecule has 1 rings (SSSR count). The van der Waals surface area contributed by atoms with Crippen molar-refractivity contribution in [3.8, 4) is 0 Å². The fraction of sp³-hybridized carbons (Fsp3) is 0.600. The monoisotopic (exact) mass is 271 g/mol. The topological polar surface area (TPSA) is 12.0 Å². The van der Waals surface area contributed by atoms with Gasteiger partial charge in [-0.25, -0.2) is 4.39 Å². The Morgan fingerprint density at radius 3 is 2.61 bits per heavy atom. The maximum Gasteiger partial charge on any atom is 0.141 e. The van der Waals surface area contributed by atoms with E-state index in [-0.39, 0.29) is 16.3 Å². The average Bonchev–Trinajstić information content (AvgIpc) is 2.32. The van der Waals surface area contributed by atoms with Crippen molar-refractivity contribution in [2.45, 2.75) is 40.0 Å². The Morgan fingerprint density at radius 1 is 1.33 bits per heavy atom. The van der Waals surface area contributed by atoms with Crippen LogP contribution in [0.1, 0.15) is 39.2 Å². The van der Waals surface area contributed by atoms with Gasteiger partial charge in [-0.2, -0.15) is 0 Å². The van der Waals surface area contributed by atoms with Crippen LogP contribution in [0.2, 0.25) is 5.02 Å². The summed E-state index contributed by atoms with van der Waals surface area (Å²) in [5.74, 6) is -0.343. The zero-order valence-corrected chi connectivity index (χ0v) is 12.3. The van der Waals surface area contributed by atoms with Crippen LogP contribution in [0.4, 0.5) is 4.39 Å². The molecule has 1 unspecified atom stereocenters. The highest BCUT2D eigenvalue weighted by Crippen LogP contribution is 2.29. The van der Waals surface area contributed by atoms with Crippen LogP contribution in [0.15, 0.2) is 18.2 Å². The molecule has 0 fully saturated rings. The Labute approximate surface area is 115 Å². The first-order chi connectivity index (χ1) is 8.50. The molecule has 0 saturated carbocycles. The van der Waals surface area contributed by atoms with E-state index in [9.17, 15) is 4.39 Å². The number of benzene rings is 1. The van der Waals surface area contributed by atoms with Gasteiger partial charge < -0.3 is 5.32 Å². The van der Waals surface area contributed by atoms with E-state index in [1.165, 1.54) is 6.07 Å². The third-order valence-electron chi connectivity index (χ3n) is 3.27. The number of hydrogen-bond acceptors (Lipinski definition) is 1. The number of halogens is 2. The minimum absolute atomic E-state index is 0.200. The van der Waals surface area contributed by atoms with Crippen molar-refractivity contribution < 1.29 is 4.39 Å². The van der Waals surface area contributed by atoms with Gasteiger partial charge in [0.05, 0.1) is 5.02 Å². The summed E-state index contributed by atoms with van der Waals surface area (Å²) < 4.78 is 13.1. The summed E-state index contributed by atoms with van der Waals surface area (Å²) in [7, 11) is 0. The van der Waals surface area contributed by atoms with Crippen molar-refractivity contribution in [3.05, 3.63) is 34.6 Å². The molecule has 18 heavy (non-hydrogen) atoms. The van der Waals surface area contributed by atoms with E-state index in [2.05, 4.69) is 26.1 Å². The van der Waals surface area contributed by atoms with Crippen LogP contribution in [-0.4, -0.2) is 13.1 Å². The summed E-state index contributed by atoms with van der Waals surface area (Å²) >= 11 is 5.83. The molecule has 1 atom stereocenters. The summed E-state index contributed by atoms with van der Waals surface area (Å²) in [5, 5.41) is 3.63. The Bertz CT molecular complexity index is 381. The quantitative estimate of drug-likeness (QED) is 0.773. The van der Waals surface area contributed by atoms with E-state index in [4.69, 9.17) is 11.6 Å². The Morgan fingerprint density at radius 2 is 2.06 bits per heavy atom. The van der Waals surface area contributed by atoms with Gasteiger partial charge in [-0.05, 0) is 42.5 Å². The summed E-state index contributed by atoms with van der Waals surface area (Å²) in [6.45, 7) is 8.54. The van der Waals surface area contributed by atoms with Crippen LogP contribution in [0.5, 0.6) is 0 Å². The van der Waals surface area contributed by atoms with E-state index >= 15 is 0 Å². The van der Waals surface area contributed by atoms with Crippen molar-refractivity contribution in [1.29, 1.82) is 0 Å². The minimum Gasteiger partial charge on any atom is -0.316 e. The van der Waals surface area contributed by atoms with Gasteiger partial charge in [-0.1, -0.05) is 44.9 Å². The maximum atomic E-state index is 13.1. The lowest BCUT2D eigenvalue weighted by Crippen LogP contribution is -2.33. The molecule has 0 aromatic heterocycles. The second-order valence-electron chi connectivity index (χ2n) is 5.27. The zero-order valence-electron chi connectivity index (χ0n) is 11.5. The fourth-order valence-corrected chi connectivity index (χ4v) is 2.62. The third kappa shape index (κ3) is 4.58. The Hall–Kier alpha value is -0.600. The molecule has 1 N–H and O–H groups in total. The van der Waals surface area contributed by atoms with Gasteiger partial charge in [0.2, 0.25) is 0 Å². The van der Waals surface area contributed by atoms with Crippen molar-refractivity contribution >= 4 is 11.6 Å². The summed E-state index contributed by atoms with van der Waals surface area (Å²) in [6, 6.07) is 5.04. The molecule has 1 aromatic rings. The summed E-state index contributed by atoms with van der Waals surface area (Å²) in [6.07, 6.45) is 3.22. The molecule has 0 amide bonds. The predicted octanol–water partition coefficient (Wildman–Crippen LogP) is 4.44. The van der Waals surface area contributed by atoms with Gasteiger partial charge in [0.25, 0.3) is 0 Å². The number of rotatable bonds is 7. The van der Waals surface area contributed by atoms with Crippen LogP contribution in [0, 0.1) is 11.2 Å². The van der Waals surface area contributed by atoms with Crippen molar-refractivity contribution in [2.75, 3.05) is 13.1 Å². The van der Waals surface area contributed by atoms with Crippen LogP contribution in [-0.2, 0) is 6.42 Å². The number of nitrogens with one attached hydrogen (secondary N) is 1. The first-order valence-corrected chi connectivity index (χ1v) is 7.03. The number of hydrogen-bond donors (Lipinski definition) is 1. The molecule has 1 aromatic carbocycles. The van der Waals surface area contributed by atoms with Crippen molar-refractivity contribution in [1.82, 2.24) is 5.32 Å². The molecule has 0 aliphatic rings. The van der Waals surface area contributed by atoms with Crippen molar-refractivity contribution in [3.63, 3.8) is 0 Å². The molecule has 3 heteroatoms. The lowest BCUT2D eigenvalue weighted by atomic mass is 9.79. The highest BCUT2D eigenvalue weighted by atomic mass is 35.5. The second-order valence-corrected chi connectivity index (χ2v) is 5.67. The smallest absolute Gasteiger partial charge is 0.141 e. The van der Waals surface area contributed by atoms with E-state index in [0.717, 1.165) is 37.9 Å². The van der Waals surface area contributed by atoms with Crippen LogP contribution in [0.3, 0.4) is 0 Å². The lowest BCUT2D eigenvalue weighted by molar-refractivity contribution is 0.277. The van der Waals surface area contributed by atoms with Crippen LogP contribution in [0.25, 0.3) is 0 Å². The molecule has 0 aliphatic heterocycles. The maximum absolute atomic E-state index is 13.1. The normalized spacial score (nSPS) is 14.5. The first-order valence-electron chi connectivity index (χ1n) is 6.65. The zero-order chi connectivity index (χ0) is 13.6. The molecule has 1 nitrogen and oxygen atoms in total. The van der Waals surface area contributed by atoms with Gasteiger partial charge in [-0.3, -0.25) is 0 Å². The standard InChI is InChI=1S/C15H23ClFN/c1-4-8-15(3,11-18-5-2)10-12-6-7-14(17)13(16)9-12/h6-7,9,18H,4-5,8,10-11H2,1-3H3. The lowest BCUT2D eigenvalue weighted by Gasteiger charge is -2.30. The van der Waals surface area contributed by atoms with Crippen molar-refractivity contribution in [2.24, 2.45) is 5.41 Å². The van der Waals surface area contributed by atoms with Crippen LogP contribution < -0.4 is 5.32 Å². The first kappa shape index (κ1) is 15.5. The molecule has 102 valence electrons. The molecule has 0 aliphatic carbocycles. The largest absolute Gasteiger partial charge is 0.316 e. The minimum atomic E-state index is -0.343. The van der Waals surface area contributed by atoms with Gasteiger partial charge in [0.15, 0.2) is 0 Å². The highest BCUT2D eigenvalue weighted by molar-refractivity contribution is 6.30. The van der Waals surface area contributed by atoms with E-state index in [0.29, 0.717) is 0 Å². The molecule has 0 spiro atoms. The summed E-state index contributed by atoms with van der Waals surface area (Å²) in [5.41, 5.74) is 1.31. The third-order valence-corrected chi connectivity index (χ3v) is 3.56. The SMILES string of the molecule is CCCC(C)(CNCC)Cc1ccc(F)c(Cl)c1. The van der Waals surface area contributed by atoms with E-state index in [1.807, 2.05) is 6.07 Å². The highest BCUT2D eigenvalue weighted by Gasteiger charge is 2.23. The summed E-state index contributed by atoms with van der Waals surface area (Å²) in [4.78, 5) is 0. The van der Waals surface area contributed by atoms with Gasteiger partial charge in [0, 0.05) is 6.54 Å². The molecular formula is C15H23ClFN. The van der Waals surface area contributed by atoms with E-state index < -0.39 is 0 Å². The molecule has 0 bridgehead atoms. The van der Waals surface area contributed by atoms with Gasteiger partial charge >= 0.3 is 0 Å². The molecule has 0 heterocycles. The van der Waals surface area contributed by atoms with Crippen LogP contribution >= 0.6 is 11.6 Å². The molecular weight excluding hydrogens is 249 g/mol. The Balaban J connectivity index is 2.78. The van der Waals surface area contributed by atoms with Gasteiger partial charge in [-0.15, -0.1) is 0 Å².